The lowest BCUT2D eigenvalue weighted by Crippen LogP contribution is -2.56. The Balaban J connectivity index is 2.08. The predicted molar refractivity (Wildman–Crippen MR) is 99.0 cm³/mol. The molecule has 1 fully saturated rings. The van der Waals surface area contributed by atoms with E-state index in [0.29, 0.717) is 30.9 Å². The van der Waals surface area contributed by atoms with Crippen molar-refractivity contribution in [3.05, 3.63) is 28.2 Å². The minimum atomic E-state index is -0.533. The number of benzene rings is 1. The van der Waals surface area contributed by atoms with E-state index in [1.807, 2.05) is 33.8 Å². The van der Waals surface area contributed by atoms with Crippen molar-refractivity contribution in [1.29, 1.82) is 0 Å². The van der Waals surface area contributed by atoms with Crippen LogP contribution in [0.1, 0.15) is 38.1 Å². The van der Waals surface area contributed by atoms with Crippen molar-refractivity contribution in [3.8, 4) is 5.75 Å². The number of piperazine rings is 1. The van der Waals surface area contributed by atoms with Gasteiger partial charge in [-0.2, -0.15) is 0 Å². The molecule has 1 aromatic rings. The van der Waals surface area contributed by atoms with Crippen LogP contribution in [0.25, 0.3) is 0 Å². The molecule has 0 N–H and O–H groups in total. The number of carbonyl (C=O) groups excluding carboxylic acids is 2. The number of ether oxygens (including phenoxy) is 2. The highest BCUT2D eigenvalue weighted by atomic mass is 79.9. The molecule has 25 heavy (non-hydrogen) atoms. The molecule has 0 aliphatic carbocycles. The lowest BCUT2D eigenvalue weighted by Gasteiger charge is -2.40. The number of carbonyl (C=O) groups is 2. The summed E-state index contributed by atoms with van der Waals surface area (Å²) in [6.45, 7) is 8.81. The summed E-state index contributed by atoms with van der Waals surface area (Å²) in [4.78, 5) is 28.5. The van der Waals surface area contributed by atoms with E-state index in [1.54, 1.807) is 29.0 Å². The lowest BCUT2D eigenvalue weighted by atomic mass is 10.1. The van der Waals surface area contributed by atoms with E-state index in [4.69, 9.17) is 9.47 Å². The van der Waals surface area contributed by atoms with Crippen molar-refractivity contribution in [3.63, 3.8) is 0 Å². The Bertz CT molecular complexity index is 657. The highest BCUT2D eigenvalue weighted by Crippen LogP contribution is 2.26. The number of halogens is 1. The fraction of sp³-hybridized carbons (Fsp3) is 0.556. The Morgan fingerprint density at radius 3 is 2.48 bits per heavy atom. The molecule has 1 atom stereocenters. The highest BCUT2D eigenvalue weighted by molar-refractivity contribution is 9.10. The van der Waals surface area contributed by atoms with Gasteiger partial charge in [-0.05, 0) is 45.9 Å². The van der Waals surface area contributed by atoms with E-state index in [2.05, 4.69) is 15.9 Å². The smallest absolute Gasteiger partial charge is 0.410 e. The fourth-order valence-electron chi connectivity index (χ4n) is 2.75. The van der Waals surface area contributed by atoms with Gasteiger partial charge in [0.05, 0.1) is 12.7 Å². The zero-order chi connectivity index (χ0) is 18.8. The summed E-state index contributed by atoms with van der Waals surface area (Å²) >= 11 is 3.38. The highest BCUT2D eigenvalue weighted by Gasteiger charge is 2.33. The van der Waals surface area contributed by atoms with Crippen molar-refractivity contribution >= 4 is 27.9 Å². The van der Waals surface area contributed by atoms with Crippen LogP contribution in [0.4, 0.5) is 4.79 Å². The number of nitrogens with zero attached hydrogens (tertiary/aromatic N) is 2. The molecule has 1 unspecified atom stereocenters. The van der Waals surface area contributed by atoms with Gasteiger partial charge in [0.2, 0.25) is 0 Å². The SMILES string of the molecule is COc1cc(Br)ccc1C(=O)N1CCN(C(=O)OC(C)(C)C)C(C)C1. The van der Waals surface area contributed by atoms with E-state index in [0.717, 1.165) is 4.47 Å². The maximum Gasteiger partial charge on any atom is 0.410 e. The first kappa shape index (κ1) is 19.6. The molecule has 2 rings (SSSR count). The number of rotatable bonds is 2. The Kier molecular flexibility index (Phi) is 5.98. The zero-order valence-electron chi connectivity index (χ0n) is 15.3. The van der Waals surface area contributed by atoms with E-state index in [9.17, 15) is 9.59 Å². The summed E-state index contributed by atoms with van der Waals surface area (Å²) in [6.07, 6.45) is -0.340. The van der Waals surface area contributed by atoms with Gasteiger partial charge in [-0.1, -0.05) is 15.9 Å². The van der Waals surface area contributed by atoms with E-state index < -0.39 is 5.60 Å². The monoisotopic (exact) mass is 412 g/mol. The third-order valence-electron chi connectivity index (χ3n) is 3.94. The topological polar surface area (TPSA) is 59.1 Å². The zero-order valence-corrected chi connectivity index (χ0v) is 16.9. The Morgan fingerprint density at radius 1 is 1.24 bits per heavy atom. The summed E-state index contributed by atoms with van der Waals surface area (Å²) < 4.78 is 11.6. The van der Waals surface area contributed by atoms with Crippen LogP contribution >= 0.6 is 15.9 Å². The van der Waals surface area contributed by atoms with Gasteiger partial charge in [0.25, 0.3) is 5.91 Å². The van der Waals surface area contributed by atoms with Crippen molar-refractivity contribution in [2.45, 2.75) is 39.3 Å². The average Bonchev–Trinajstić information content (AvgIpc) is 2.52. The van der Waals surface area contributed by atoms with Gasteiger partial charge in [-0.3, -0.25) is 4.79 Å². The maximum atomic E-state index is 12.8. The number of methoxy groups -OCH3 is 1. The van der Waals surface area contributed by atoms with Crippen LogP contribution in [-0.2, 0) is 4.74 Å². The molecule has 0 radical (unpaired) electrons. The Hall–Kier alpha value is -1.76. The Morgan fingerprint density at radius 2 is 1.92 bits per heavy atom. The van der Waals surface area contributed by atoms with Gasteiger partial charge in [0.15, 0.2) is 0 Å². The molecule has 1 saturated heterocycles. The van der Waals surface area contributed by atoms with Gasteiger partial charge in [0, 0.05) is 30.1 Å². The molecule has 2 amide bonds. The molecule has 0 spiro atoms. The Labute approximate surface area is 157 Å². The average molecular weight is 413 g/mol. The van der Waals surface area contributed by atoms with E-state index in [-0.39, 0.29) is 18.0 Å². The molecule has 1 aliphatic rings. The first-order valence-electron chi connectivity index (χ1n) is 8.25. The van der Waals surface area contributed by atoms with Crippen LogP contribution in [0.15, 0.2) is 22.7 Å². The summed E-state index contributed by atoms with van der Waals surface area (Å²) in [6, 6.07) is 5.22. The molecule has 0 aromatic heterocycles. The van der Waals surface area contributed by atoms with E-state index >= 15 is 0 Å². The molecule has 1 aliphatic heterocycles. The third kappa shape index (κ3) is 4.87. The summed E-state index contributed by atoms with van der Waals surface area (Å²) in [5, 5.41) is 0. The van der Waals surface area contributed by atoms with Crippen LogP contribution in [-0.4, -0.2) is 60.2 Å². The second-order valence-electron chi connectivity index (χ2n) is 7.12. The summed E-state index contributed by atoms with van der Waals surface area (Å²) in [5.74, 6) is 0.432. The van der Waals surface area contributed by atoms with Crippen LogP contribution in [0, 0.1) is 0 Å². The van der Waals surface area contributed by atoms with Crippen LogP contribution in [0.2, 0.25) is 0 Å². The third-order valence-corrected chi connectivity index (χ3v) is 4.43. The van der Waals surface area contributed by atoms with Crippen LogP contribution < -0.4 is 4.74 Å². The second kappa shape index (κ2) is 7.64. The molecular weight excluding hydrogens is 388 g/mol. The van der Waals surface area contributed by atoms with Crippen molar-refractivity contribution in [2.75, 3.05) is 26.7 Å². The maximum absolute atomic E-state index is 12.8. The molecule has 6 nitrogen and oxygen atoms in total. The van der Waals surface area contributed by atoms with Crippen molar-refractivity contribution in [2.24, 2.45) is 0 Å². The fourth-order valence-corrected chi connectivity index (χ4v) is 3.09. The lowest BCUT2D eigenvalue weighted by molar-refractivity contribution is 0.00193. The van der Waals surface area contributed by atoms with Crippen LogP contribution in [0.3, 0.4) is 0 Å². The van der Waals surface area contributed by atoms with Gasteiger partial charge in [0.1, 0.15) is 11.4 Å². The minimum Gasteiger partial charge on any atom is -0.496 e. The van der Waals surface area contributed by atoms with Crippen LogP contribution in [0.5, 0.6) is 5.75 Å². The van der Waals surface area contributed by atoms with Gasteiger partial charge in [-0.25, -0.2) is 4.79 Å². The number of hydrogen-bond donors (Lipinski definition) is 0. The predicted octanol–water partition coefficient (Wildman–Crippen LogP) is 3.54. The summed E-state index contributed by atoms with van der Waals surface area (Å²) in [5.41, 5.74) is -0.0159. The molecule has 0 saturated carbocycles. The molecule has 1 aromatic carbocycles. The number of amides is 2. The molecule has 138 valence electrons. The minimum absolute atomic E-state index is 0.0972. The molecular formula is C18H25BrN2O4. The standard InChI is InChI=1S/C18H25BrN2O4/c1-12-11-20(8-9-21(12)17(23)25-18(2,3)4)16(22)14-7-6-13(19)10-15(14)24-5/h6-7,10,12H,8-9,11H2,1-5H3. The van der Waals surface area contributed by atoms with Gasteiger partial charge < -0.3 is 19.3 Å². The molecule has 7 heteroatoms. The van der Waals surface area contributed by atoms with Crippen molar-refractivity contribution in [1.82, 2.24) is 9.80 Å². The second-order valence-corrected chi connectivity index (χ2v) is 8.03. The first-order valence-corrected chi connectivity index (χ1v) is 9.04. The van der Waals surface area contributed by atoms with E-state index in [1.165, 1.54) is 0 Å². The van der Waals surface area contributed by atoms with Crippen molar-refractivity contribution < 1.29 is 19.1 Å². The number of hydrogen-bond acceptors (Lipinski definition) is 4. The summed E-state index contributed by atoms with van der Waals surface area (Å²) in [7, 11) is 1.54. The van der Waals surface area contributed by atoms with Gasteiger partial charge in [-0.15, -0.1) is 0 Å². The largest absolute Gasteiger partial charge is 0.496 e. The first-order chi connectivity index (χ1) is 11.6. The normalized spacial score (nSPS) is 18.1. The quantitative estimate of drug-likeness (QED) is 0.744. The molecule has 0 bridgehead atoms. The molecule has 1 heterocycles. The van der Waals surface area contributed by atoms with Gasteiger partial charge >= 0.3 is 6.09 Å².